The largest absolute Gasteiger partial charge is 0.361 e. The number of hydrogen-bond acceptors (Lipinski definition) is 3. The molecule has 3 rings (SSSR count). The van der Waals surface area contributed by atoms with Crippen molar-refractivity contribution in [3.8, 4) is 0 Å². The van der Waals surface area contributed by atoms with Gasteiger partial charge in [-0.05, 0) is 37.6 Å². The molecule has 2 aromatic rings. The molecule has 1 aliphatic rings. The number of para-hydroxylation sites is 2. The van der Waals surface area contributed by atoms with Crippen LogP contribution in [0.3, 0.4) is 0 Å². The lowest BCUT2D eigenvalue weighted by Crippen LogP contribution is -2.22. The van der Waals surface area contributed by atoms with E-state index in [1.54, 1.807) is 6.20 Å². The van der Waals surface area contributed by atoms with Crippen molar-refractivity contribution in [3.05, 3.63) is 71.9 Å². The van der Waals surface area contributed by atoms with Crippen LogP contribution in [-0.2, 0) is 4.79 Å². The van der Waals surface area contributed by atoms with Gasteiger partial charge in [-0.2, -0.15) is 10.1 Å². The molecule has 0 bridgehead atoms. The average Bonchev–Trinajstić information content (AvgIpc) is 2.81. The molecule has 1 N–H and O–H groups in total. The number of hydrogen-bond donors (Lipinski definition) is 1. The second kappa shape index (κ2) is 5.85. The molecule has 0 aliphatic carbocycles. The van der Waals surface area contributed by atoms with Crippen molar-refractivity contribution >= 4 is 23.0 Å². The van der Waals surface area contributed by atoms with Crippen molar-refractivity contribution in [3.63, 3.8) is 0 Å². The Labute approximate surface area is 129 Å². The van der Waals surface area contributed by atoms with E-state index in [-0.39, 0.29) is 5.91 Å². The molecule has 0 saturated carbocycles. The van der Waals surface area contributed by atoms with Crippen LogP contribution in [0.15, 0.2) is 71.5 Å². The van der Waals surface area contributed by atoms with E-state index in [4.69, 9.17) is 0 Å². The highest BCUT2D eigenvalue weighted by Crippen LogP contribution is 2.26. The van der Waals surface area contributed by atoms with Crippen molar-refractivity contribution in [2.24, 2.45) is 5.10 Å². The van der Waals surface area contributed by atoms with Crippen LogP contribution in [0.4, 0.5) is 11.4 Å². The van der Waals surface area contributed by atoms with E-state index in [1.807, 2.05) is 68.4 Å². The van der Waals surface area contributed by atoms with Gasteiger partial charge in [0.05, 0.1) is 17.0 Å². The molecule has 0 radical (unpaired) electrons. The number of nitrogens with zero attached hydrogens (tertiary/aromatic N) is 2. The van der Waals surface area contributed by atoms with Crippen LogP contribution >= 0.6 is 0 Å². The molecule has 110 valence electrons. The molecule has 0 aromatic heterocycles. The highest BCUT2D eigenvalue weighted by Gasteiger charge is 2.29. The third-order valence-electron chi connectivity index (χ3n) is 3.56. The van der Waals surface area contributed by atoms with Crippen LogP contribution in [0, 0.1) is 6.92 Å². The molecule has 4 nitrogen and oxygen atoms in total. The number of carbonyl (C=O) groups excluding carboxylic acids is 1. The number of benzene rings is 2. The third-order valence-corrected chi connectivity index (χ3v) is 3.56. The summed E-state index contributed by atoms with van der Waals surface area (Å²) in [5.41, 5.74) is 4.05. The maximum atomic E-state index is 12.6. The van der Waals surface area contributed by atoms with Crippen LogP contribution in [0.2, 0.25) is 0 Å². The molecule has 0 saturated heterocycles. The SMILES string of the molecule is CC1=NN(c2ccccc2C)C(=O)/C1=C\Nc1ccccc1. The summed E-state index contributed by atoms with van der Waals surface area (Å²) in [6, 6.07) is 17.5. The van der Waals surface area contributed by atoms with E-state index >= 15 is 0 Å². The van der Waals surface area contributed by atoms with Crippen molar-refractivity contribution in [2.75, 3.05) is 10.3 Å². The van der Waals surface area contributed by atoms with Crippen LogP contribution in [-0.4, -0.2) is 11.6 Å². The first kappa shape index (κ1) is 14.1. The van der Waals surface area contributed by atoms with Crippen molar-refractivity contribution in [1.82, 2.24) is 0 Å². The number of hydrazone groups is 1. The second-order valence-electron chi connectivity index (χ2n) is 5.16. The molecule has 0 fully saturated rings. The minimum absolute atomic E-state index is 0.116. The van der Waals surface area contributed by atoms with E-state index in [2.05, 4.69) is 10.4 Å². The lowest BCUT2D eigenvalue weighted by atomic mass is 10.1. The third kappa shape index (κ3) is 2.63. The molecule has 1 amide bonds. The van der Waals surface area contributed by atoms with Gasteiger partial charge in [0.25, 0.3) is 5.91 Å². The van der Waals surface area contributed by atoms with Gasteiger partial charge in [-0.1, -0.05) is 36.4 Å². The number of anilines is 2. The fourth-order valence-corrected chi connectivity index (χ4v) is 2.34. The standard InChI is InChI=1S/C18H17N3O/c1-13-8-6-7-11-17(13)21-18(22)16(14(2)20-21)12-19-15-9-4-3-5-10-15/h3-12,19H,1-2H3/b16-12-. The van der Waals surface area contributed by atoms with E-state index in [0.29, 0.717) is 11.3 Å². The second-order valence-corrected chi connectivity index (χ2v) is 5.16. The number of nitrogens with one attached hydrogen (secondary N) is 1. The normalized spacial score (nSPS) is 16.1. The smallest absolute Gasteiger partial charge is 0.282 e. The maximum absolute atomic E-state index is 12.6. The Morgan fingerprint density at radius 3 is 2.41 bits per heavy atom. The van der Waals surface area contributed by atoms with Crippen molar-refractivity contribution in [1.29, 1.82) is 0 Å². The molecule has 1 aliphatic heterocycles. The Kier molecular flexibility index (Phi) is 3.74. The number of carbonyl (C=O) groups is 1. The van der Waals surface area contributed by atoms with Crippen LogP contribution in [0.25, 0.3) is 0 Å². The summed E-state index contributed by atoms with van der Waals surface area (Å²) in [7, 11) is 0. The summed E-state index contributed by atoms with van der Waals surface area (Å²) < 4.78 is 0. The summed E-state index contributed by atoms with van der Waals surface area (Å²) in [5.74, 6) is -0.116. The molecule has 2 aromatic carbocycles. The summed E-state index contributed by atoms with van der Waals surface area (Å²) >= 11 is 0. The number of aryl methyl sites for hydroxylation is 1. The maximum Gasteiger partial charge on any atom is 0.282 e. The summed E-state index contributed by atoms with van der Waals surface area (Å²) in [5, 5.41) is 8.99. The highest BCUT2D eigenvalue weighted by molar-refractivity contribution is 6.29. The predicted molar refractivity (Wildman–Crippen MR) is 89.9 cm³/mol. The fourth-order valence-electron chi connectivity index (χ4n) is 2.34. The zero-order valence-corrected chi connectivity index (χ0v) is 12.6. The Bertz CT molecular complexity index is 763. The molecule has 4 heteroatoms. The van der Waals surface area contributed by atoms with E-state index in [0.717, 1.165) is 16.9 Å². The minimum Gasteiger partial charge on any atom is -0.361 e. The zero-order chi connectivity index (χ0) is 15.5. The predicted octanol–water partition coefficient (Wildman–Crippen LogP) is 3.71. The van der Waals surface area contributed by atoms with Gasteiger partial charge in [0.15, 0.2) is 0 Å². The Morgan fingerprint density at radius 2 is 1.68 bits per heavy atom. The molecule has 22 heavy (non-hydrogen) atoms. The highest BCUT2D eigenvalue weighted by atomic mass is 16.2. The molecule has 0 spiro atoms. The quantitative estimate of drug-likeness (QED) is 0.876. The molecule has 1 heterocycles. The van der Waals surface area contributed by atoms with Gasteiger partial charge in [-0.15, -0.1) is 0 Å². The minimum atomic E-state index is -0.116. The molecule has 0 atom stereocenters. The fraction of sp³-hybridized carbons (Fsp3) is 0.111. The van der Waals surface area contributed by atoms with E-state index < -0.39 is 0 Å². The Balaban J connectivity index is 1.86. The zero-order valence-electron chi connectivity index (χ0n) is 12.6. The topological polar surface area (TPSA) is 44.7 Å². The molecular weight excluding hydrogens is 274 g/mol. The first-order valence-electron chi connectivity index (χ1n) is 7.14. The molecular formula is C18H17N3O. The summed E-state index contributed by atoms with van der Waals surface area (Å²) in [4.78, 5) is 12.6. The van der Waals surface area contributed by atoms with Crippen molar-refractivity contribution in [2.45, 2.75) is 13.8 Å². The van der Waals surface area contributed by atoms with Gasteiger partial charge in [-0.25, -0.2) is 0 Å². The number of amides is 1. The van der Waals surface area contributed by atoms with Gasteiger partial charge >= 0.3 is 0 Å². The van der Waals surface area contributed by atoms with Gasteiger partial charge < -0.3 is 5.32 Å². The Morgan fingerprint density at radius 1 is 1.00 bits per heavy atom. The van der Waals surface area contributed by atoms with Gasteiger partial charge in [-0.3, -0.25) is 4.79 Å². The lowest BCUT2D eigenvalue weighted by molar-refractivity contribution is -0.114. The van der Waals surface area contributed by atoms with E-state index in [9.17, 15) is 4.79 Å². The van der Waals surface area contributed by atoms with Gasteiger partial charge in [0, 0.05) is 11.9 Å². The summed E-state index contributed by atoms with van der Waals surface area (Å²) in [6.07, 6.45) is 1.72. The van der Waals surface area contributed by atoms with Crippen LogP contribution < -0.4 is 10.3 Å². The van der Waals surface area contributed by atoms with Gasteiger partial charge in [0.2, 0.25) is 0 Å². The average molecular weight is 291 g/mol. The first-order chi connectivity index (χ1) is 10.7. The monoisotopic (exact) mass is 291 g/mol. The van der Waals surface area contributed by atoms with Crippen molar-refractivity contribution < 1.29 is 4.79 Å². The number of rotatable bonds is 3. The Hall–Kier alpha value is -2.88. The van der Waals surface area contributed by atoms with Gasteiger partial charge in [0.1, 0.15) is 0 Å². The lowest BCUT2D eigenvalue weighted by Gasteiger charge is -2.14. The van der Waals surface area contributed by atoms with Crippen LogP contribution in [0.1, 0.15) is 12.5 Å². The molecule has 0 unspecified atom stereocenters. The summed E-state index contributed by atoms with van der Waals surface area (Å²) in [6.45, 7) is 3.81. The first-order valence-corrected chi connectivity index (χ1v) is 7.14. The van der Waals surface area contributed by atoms with E-state index in [1.165, 1.54) is 5.01 Å². The van der Waals surface area contributed by atoms with Crippen LogP contribution in [0.5, 0.6) is 0 Å².